The number of amides is 1. The molecule has 6 nitrogen and oxygen atoms in total. The van der Waals surface area contributed by atoms with Gasteiger partial charge in [0, 0.05) is 50.9 Å². The summed E-state index contributed by atoms with van der Waals surface area (Å²) in [4.78, 5) is 15.5. The molecule has 1 atom stereocenters. The predicted octanol–water partition coefficient (Wildman–Crippen LogP) is 2.04. The summed E-state index contributed by atoms with van der Waals surface area (Å²) in [6, 6.07) is 4.29. The lowest BCUT2D eigenvalue weighted by Crippen LogP contribution is -2.32. The van der Waals surface area contributed by atoms with Crippen LogP contribution in [0, 0.1) is 12.8 Å². The average molecular weight is 362 g/mol. The smallest absolute Gasteiger partial charge is 0.245 e. The summed E-state index contributed by atoms with van der Waals surface area (Å²) >= 11 is 1.83. The highest BCUT2D eigenvalue weighted by Gasteiger charge is 2.23. The number of aryl methyl sites for hydroxylation is 1. The molecule has 2 aromatic heterocycles. The van der Waals surface area contributed by atoms with Gasteiger partial charge in [-0.1, -0.05) is 0 Å². The van der Waals surface area contributed by atoms with Crippen LogP contribution in [-0.4, -0.2) is 47.4 Å². The molecular formula is C18H26N4O2S. The molecule has 3 heterocycles. The van der Waals surface area contributed by atoms with E-state index in [-0.39, 0.29) is 12.5 Å². The van der Waals surface area contributed by atoms with Gasteiger partial charge in [-0.2, -0.15) is 5.10 Å². The van der Waals surface area contributed by atoms with Gasteiger partial charge in [-0.25, -0.2) is 0 Å². The average Bonchev–Trinajstić information content (AvgIpc) is 3.13. The first-order valence-electron chi connectivity index (χ1n) is 8.67. The number of ether oxygens (including phenoxy) is 1. The Balaban J connectivity index is 1.62. The monoisotopic (exact) mass is 362 g/mol. The number of aromatic nitrogens is 2. The lowest BCUT2D eigenvalue weighted by Gasteiger charge is -2.23. The van der Waals surface area contributed by atoms with Gasteiger partial charge < -0.3 is 10.1 Å². The van der Waals surface area contributed by atoms with Gasteiger partial charge in [-0.05, 0) is 42.3 Å². The molecule has 2 aromatic rings. The zero-order valence-corrected chi connectivity index (χ0v) is 15.7. The van der Waals surface area contributed by atoms with E-state index in [0.29, 0.717) is 12.5 Å². The summed E-state index contributed by atoms with van der Waals surface area (Å²) in [5, 5.41) is 9.56. The third kappa shape index (κ3) is 4.90. The van der Waals surface area contributed by atoms with Crippen LogP contribution < -0.4 is 5.32 Å². The zero-order valence-electron chi connectivity index (χ0n) is 14.9. The van der Waals surface area contributed by atoms with Gasteiger partial charge in [-0.3, -0.25) is 14.4 Å². The summed E-state index contributed by atoms with van der Waals surface area (Å²) in [7, 11) is 1.54. The van der Waals surface area contributed by atoms with Crippen LogP contribution in [0.2, 0.25) is 0 Å². The summed E-state index contributed by atoms with van der Waals surface area (Å²) in [5.74, 6) is 0.409. The molecule has 136 valence electrons. The van der Waals surface area contributed by atoms with E-state index in [1.54, 1.807) is 0 Å². The van der Waals surface area contributed by atoms with Gasteiger partial charge in [0.2, 0.25) is 5.91 Å². The molecule has 1 N–H and O–H groups in total. The Bertz CT molecular complexity index is 697. The molecule has 0 unspecified atom stereocenters. The fraction of sp³-hybridized carbons (Fsp3) is 0.556. The van der Waals surface area contributed by atoms with Crippen molar-refractivity contribution in [3.8, 4) is 0 Å². The quantitative estimate of drug-likeness (QED) is 0.819. The van der Waals surface area contributed by atoms with Crippen LogP contribution in [-0.2, 0) is 29.2 Å². The number of carbonyl (C=O) groups is 1. The molecule has 1 aliphatic heterocycles. The molecule has 7 heteroatoms. The van der Waals surface area contributed by atoms with Gasteiger partial charge in [0.05, 0.1) is 5.69 Å². The van der Waals surface area contributed by atoms with Crippen LogP contribution in [0.1, 0.15) is 22.6 Å². The maximum absolute atomic E-state index is 11.6. The topological polar surface area (TPSA) is 59.4 Å². The van der Waals surface area contributed by atoms with Crippen molar-refractivity contribution >= 4 is 17.2 Å². The number of hydrogen-bond donors (Lipinski definition) is 1. The van der Waals surface area contributed by atoms with E-state index in [1.807, 2.05) is 17.5 Å². The second-order valence-electron chi connectivity index (χ2n) is 6.64. The van der Waals surface area contributed by atoms with E-state index in [2.05, 4.69) is 44.4 Å². The molecule has 1 amide bonds. The Hall–Kier alpha value is -1.70. The van der Waals surface area contributed by atoms with Gasteiger partial charge in [0.25, 0.3) is 0 Å². The number of methoxy groups -OCH3 is 1. The minimum Gasteiger partial charge on any atom is -0.375 e. The van der Waals surface area contributed by atoms with E-state index in [9.17, 15) is 4.79 Å². The van der Waals surface area contributed by atoms with Crippen molar-refractivity contribution in [2.24, 2.45) is 5.92 Å². The van der Waals surface area contributed by atoms with Crippen LogP contribution in [0.3, 0.4) is 0 Å². The lowest BCUT2D eigenvalue weighted by molar-refractivity contribution is -0.124. The maximum Gasteiger partial charge on any atom is 0.245 e. The summed E-state index contributed by atoms with van der Waals surface area (Å²) in [5.41, 5.74) is 2.63. The van der Waals surface area contributed by atoms with E-state index in [0.717, 1.165) is 32.6 Å². The van der Waals surface area contributed by atoms with E-state index in [4.69, 9.17) is 4.74 Å². The minimum atomic E-state index is -0.0537. The van der Waals surface area contributed by atoms with Crippen molar-refractivity contribution in [3.63, 3.8) is 0 Å². The van der Waals surface area contributed by atoms with Crippen molar-refractivity contribution in [3.05, 3.63) is 39.8 Å². The first-order valence-corrected chi connectivity index (χ1v) is 9.55. The van der Waals surface area contributed by atoms with Gasteiger partial charge in [-0.15, -0.1) is 11.3 Å². The van der Waals surface area contributed by atoms with E-state index in [1.165, 1.54) is 23.2 Å². The SMILES string of the molecule is COCC(=O)NCC[C@H]1CN(Cc2sccc2C)Cc2ccnn2C1. The first-order chi connectivity index (χ1) is 12.2. The molecular weight excluding hydrogens is 336 g/mol. The molecule has 3 rings (SSSR count). The van der Waals surface area contributed by atoms with Crippen molar-refractivity contribution in [1.82, 2.24) is 20.0 Å². The van der Waals surface area contributed by atoms with Crippen LogP contribution in [0.4, 0.5) is 0 Å². The minimum absolute atomic E-state index is 0.0537. The number of fused-ring (bicyclic) bond motifs is 1. The van der Waals surface area contributed by atoms with Gasteiger partial charge in [0.1, 0.15) is 6.61 Å². The van der Waals surface area contributed by atoms with Crippen molar-refractivity contribution in [2.45, 2.75) is 33.0 Å². The predicted molar refractivity (Wildman–Crippen MR) is 98.4 cm³/mol. The van der Waals surface area contributed by atoms with E-state index < -0.39 is 0 Å². The largest absolute Gasteiger partial charge is 0.375 e. The molecule has 0 fully saturated rings. The fourth-order valence-corrected chi connectivity index (χ4v) is 4.24. The Morgan fingerprint density at radius 1 is 1.44 bits per heavy atom. The van der Waals surface area contributed by atoms with Crippen LogP contribution in [0.25, 0.3) is 0 Å². The highest BCUT2D eigenvalue weighted by atomic mass is 32.1. The third-order valence-corrected chi connectivity index (χ3v) is 5.63. The Morgan fingerprint density at radius 2 is 2.32 bits per heavy atom. The van der Waals surface area contributed by atoms with Crippen molar-refractivity contribution < 1.29 is 9.53 Å². The molecule has 0 saturated heterocycles. The second kappa shape index (κ2) is 8.60. The number of nitrogens with zero attached hydrogens (tertiary/aromatic N) is 3. The highest BCUT2D eigenvalue weighted by molar-refractivity contribution is 7.10. The van der Waals surface area contributed by atoms with E-state index >= 15 is 0 Å². The standard InChI is InChI=1S/C18H26N4O2S/c1-14-5-8-25-17(14)12-21-9-15(3-6-19-18(23)13-24-2)10-22-16(11-21)4-7-20-22/h4-5,7-8,15H,3,6,9-13H2,1-2H3,(H,19,23)/t15-/m0/s1. The second-order valence-corrected chi connectivity index (χ2v) is 7.64. The first kappa shape index (κ1) is 18.1. The number of rotatable bonds is 7. The van der Waals surface area contributed by atoms with Crippen LogP contribution >= 0.6 is 11.3 Å². The molecule has 0 aromatic carbocycles. The van der Waals surface area contributed by atoms with Crippen LogP contribution in [0.15, 0.2) is 23.7 Å². The summed E-state index contributed by atoms with van der Waals surface area (Å²) in [6.07, 6.45) is 2.82. The Labute approximate surface area is 152 Å². The molecule has 1 aliphatic rings. The van der Waals surface area contributed by atoms with Crippen LogP contribution in [0.5, 0.6) is 0 Å². The van der Waals surface area contributed by atoms with Crippen molar-refractivity contribution in [1.29, 1.82) is 0 Å². The van der Waals surface area contributed by atoms with Gasteiger partial charge in [0.15, 0.2) is 0 Å². The number of thiophene rings is 1. The molecule has 0 aliphatic carbocycles. The summed E-state index contributed by atoms with van der Waals surface area (Å²) in [6.45, 7) is 6.79. The molecule has 0 bridgehead atoms. The van der Waals surface area contributed by atoms with Crippen molar-refractivity contribution in [2.75, 3.05) is 26.8 Å². The lowest BCUT2D eigenvalue weighted by atomic mass is 10.1. The zero-order chi connectivity index (χ0) is 17.6. The number of nitrogens with one attached hydrogen (secondary N) is 1. The maximum atomic E-state index is 11.6. The highest BCUT2D eigenvalue weighted by Crippen LogP contribution is 2.23. The Kier molecular flexibility index (Phi) is 6.23. The molecule has 0 radical (unpaired) electrons. The molecule has 0 saturated carbocycles. The molecule has 25 heavy (non-hydrogen) atoms. The van der Waals surface area contributed by atoms with Gasteiger partial charge >= 0.3 is 0 Å². The number of hydrogen-bond acceptors (Lipinski definition) is 5. The third-order valence-electron chi connectivity index (χ3n) is 4.62. The Morgan fingerprint density at radius 3 is 3.08 bits per heavy atom. The summed E-state index contributed by atoms with van der Waals surface area (Å²) < 4.78 is 6.97. The fourth-order valence-electron chi connectivity index (χ4n) is 3.29. The number of carbonyl (C=O) groups excluding carboxylic acids is 1. The molecule has 0 spiro atoms. The normalized spacial score (nSPS) is 17.9.